The summed E-state index contributed by atoms with van der Waals surface area (Å²) in [6.07, 6.45) is 4.29. The fourth-order valence-electron chi connectivity index (χ4n) is 4.59. The summed E-state index contributed by atoms with van der Waals surface area (Å²) < 4.78 is 5.91. The van der Waals surface area contributed by atoms with Crippen molar-refractivity contribution >= 4 is 5.91 Å². The molecule has 2 aliphatic rings. The molecular formula is C20H25N3O3. The molecule has 1 amide bonds. The average molecular weight is 355 g/mol. The minimum Gasteiger partial charge on any atom is -0.425 e. The number of aliphatic hydroxyl groups is 1. The van der Waals surface area contributed by atoms with Crippen LogP contribution in [0.25, 0.3) is 0 Å². The summed E-state index contributed by atoms with van der Waals surface area (Å²) >= 11 is 0. The molecule has 1 aliphatic heterocycles. The molecule has 1 aromatic heterocycles. The average Bonchev–Trinajstić information content (AvgIpc) is 3.35. The molecule has 138 valence electrons. The van der Waals surface area contributed by atoms with E-state index in [1.165, 1.54) is 0 Å². The Hall–Kier alpha value is -2.21. The van der Waals surface area contributed by atoms with E-state index in [-0.39, 0.29) is 17.9 Å². The van der Waals surface area contributed by atoms with Gasteiger partial charge in [-0.2, -0.15) is 0 Å². The minimum absolute atomic E-state index is 0.0439. The van der Waals surface area contributed by atoms with Crippen molar-refractivity contribution in [2.75, 3.05) is 13.1 Å². The lowest BCUT2D eigenvalue weighted by molar-refractivity contribution is -0.129. The summed E-state index contributed by atoms with van der Waals surface area (Å²) in [5, 5.41) is 18.0. The van der Waals surface area contributed by atoms with Gasteiger partial charge in [-0.15, -0.1) is 10.2 Å². The summed E-state index contributed by atoms with van der Waals surface area (Å²) in [7, 11) is 0. The van der Waals surface area contributed by atoms with Gasteiger partial charge in [-0.25, -0.2) is 0 Å². The van der Waals surface area contributed by atoms with Crippen molar-refractivity contribution in [1.29, 1.82) is 0 Å². The van der Waals surface area contributed by atoms with Crippen molar-refractivity contribution in [3.05, 3.63) is 47.2 Å². The Morgan fingerprint density at radius 3 is 2.88 bits per heavy atom. The van der Waals surface area contributed by atoms with Crippen LogP contribution in [0.4, 0.5) is 0 Å². The molecular weight excluding hydrogens is 330 g/mol. The summed E-state index contributed by atoms with van der Waals surface area (Å²) in [4.78, 5) is 14.9. The topological polar surface area (TPSA) is 79.5 Å². The lowest BCUT2D eigenvalue weighted by Gasteiger charge is -2.24. The van der Waals surface area contributed by atoms with Crippen LogP contribution in [-0.2, 0) is 29.7 Å². The number of carbonyl (C=O) groups is 1. The van der Waals surface area contributed by atoms with Gasteiger partial charge in [0, 0.05) is 19.5 Å². The van der Waals surface area contributed by atoms with Gasteiger partial charge in [0.05, 0.1) is 18.4 Å². The van der Waals surface area contributed by atoms with Gasteiger partial charge in [0.25, 0.3) is 0 Å². The molecule has 0 unspecified atom stereocenters. The molecule has 2 fully saturated rings. The van der Waals surface area contributed by atoms with Gasteiger partial charge >= 0.3 is 0 Å². The number of amides is 1. The number of fused-ring (bicyclic) bond motifs is 1. The number of hydrogen-bond acceptors (Lipinski definition) is 5. The lowest BCUT2D eigenvalue weighted by Crippen LogP contribution is -2.35. The maximum Gasteiger partial charge on any atom is 0.227 e. The first-order valence-corrected chi connectivity index (χ1v) is 9.44. The Kier molecular flexibility index (Phi) is 4.53. The third-order valence-electron chi connectivity index (χ3n) is 6.05. The molecule has 1 saturated carbocycles. The molecule has 2 heterocycles. The first kappa shape index (κ1) is 17.2. The Labute approximate surface area is 153 Å². The van der Waals surface area contributed by atoms with Crippen LogP contribution in [0, 0.1) is 5.92 Å². The van der Waals surface area contributed by atoms with E-state index in [0.29, 0.717) is 30.7 Å². The number of hydrogen-bond donors (Lipinski definition) is 1. The first-order chi connectivity index (χ1) is 12.7. The molecule has 26 heavy (non-hydrogen) atoms. The second-order valence-electron chi connectivity index (χ2n) is 7.48. The van der Waals surface area contributed by atoms with Crippen molar-refractivity contribution in [2.24, 2.45) is 5.92 Å². The van der Waals surface area contributed by atoms with Crippen LogP contribution >= 0.6 is 0 Å². The van der Waals surface area contributed by atoms with E-state index in [0.717, 1.165) is 43.4 Å². The normalized spacial score (nSPS) is 24.8. The van der Waals surface area contributed by atoms with Crippen molar-refractivity contribution in [3.63, 3.8) is 0 Å². The maximum absolute atomic E-state index is 12.9. The van der Waals surface area contributed by atoms with Crippen molar-refractivity contribution in [2.45, 2.75) is 51.0 Å². The summed E-state index contributed by atoms with van der Waals surface area (Å²) in [6, 6.07) is 7.58. The van der Waals surface area contributed by atoms with E-state index in [9.17, 15) is 9.90 Å². The number of likely N-dealkylation sites (tertiary alicyclic amines) is 1. The highest BCUT2D eigenvalue weighted by Crippen LogP contribution is 2.50. The maximum atomic E-state index is 12.9. The molecule has 1 N–H and O–H groups in total. The number of rotatable bonds is 5. The lowest BCUT2D eigenvalue weighted by atomic mass is 9.80. The van der Waals surface area contributed by atoms with Crippen molar-refractivity contribution in [1.82, 2.24) is 15.1 Å². The second-order valence-corrected chi connectivity index (χ2v) is 7.48. The highest BCUT2D eigenvalue weighted by molar-refractivity contribution is 5.79. The number of nitrogens with zero attached hydrogens (tertiary/aromatic N) is 3. The number of aryl methyl sites for hydroxylation is 1. The largest absolute Gasteiger partial charge is 0.425 e. The van der Waals surface area contributed by atoms with Gasteiger partial charge in [0.2, 0.25) is 17.7 Å². The fraction of sp³-hybridized carbons (Fsp3) is 0.550. The molecule has 6 nitrogen and oxygen atoms in total. The minimum atomic E-state index is -0.174. The molecule has 1 aromatic carbocycles. The van der Waals surface area contributed by atoms with Crippen LogP contribution in [-0.4, -0.2) is 39.2 Å². The number of carbonyl (C=O) groups excluding carboxylic acids is 1. The fourth-order valence-corrected chi connectivity index (χ4v) is 4.59. The quantitative estimate of drug-likeness (QED) is 0.890. The Morgan fingerprint density at radius 1 is 1.35 bits per heavy atom. The van der Waals surface area contributed by atoms with Gasteiger partial charge in [0.15, 0.2) is 0 Å². The predicted molar refractivity (Wildman–Crippen MR) is 95.3 cm³/mol. The molecule has 0 spiro atoms. The molecule has 1 aliphatic carbocycles. The van der Waals surface area contributed by atoms with Crippen LogP contribution in [0.1, 0.15) is 49.1 Å². The monoisotopic (exact) mass is 355 g/mol. The van der Waals surface area contributed by atoms with E-state index in [4.69, 9.17) is 4.42 Å². The van der Waals surface area contributed by atoms with Gasteiger partial charge in [-0.3, -0.25) is 4.79 Å². The Balaban J connectivity index is 1.53. The van der Waals surface area contributed by atoms with Crippen LogP contribution in [0.2, 0.25) is 0 Å². The van der Waals surface area contributed by atoms with E-state index < -0.39 is 0 Å². The summed E-state index contributed by atoms with van der Waals surface area (Å²) in [5.74, 6) is 1.88. The smallest absolute Gasteiger partial charge is 0.227 e. The third-order valence-corrected chi connectivity index (χ3v) is 6.05. The molecule has 6 heteroatoms. The molecule has 2 aromatic rings. The van der Waals surface area contributed by atoms with E-state index in [2.05, 4.69) is 10.2 Å². The van der Waals surface area contributed by atoms with Crippen LogP contribution in [0.3, 0.4) is 0 Å². The van der Waals surface area contributed by atoms with Crippen molar-refractivity contribution in [3.8, 4) is 0 Å². The number of aromatic nitrogens is 2. The second kappa shape index (κ2) is 6.83. The van der Waals surface area contributed by atoms with Crippen LogP contribution in [0.15, 0.2) is 28.7 Å². The van der Waals surface area contributed by atoms with Crippen LogP contribution in [0.5, 0.6) is 0 Å². The number of benzene rings is 1. The van der Waals surface area contributed by atoms with E-state index >= 15 is 0 Å². The van der Waals surface area contributed by atoms with Crippen molar-refractivity contribution < 1.29 is 14.3 Å². The molecule has 0 radical (unpaired) electrons. The highest BCUT2D eigenvalue weighted by Gasteiger charge is 2.54. The van der Waals surface area contributed by atoms with Crippen LogP contribution < -0.4 is 0 Å². The van der Waals surface area contributed by atoms with E-state index in [1.54, 1.807) is 0 Å². The van der Waals surface area contributed by atoms with E-state index in [1.807, 2.05) is 36.1 Å². The third kappa shape index (κ3) is 2.82. The Morgan fingerprint density at radius 2 is 2.15 bits per heavy atom. The predicted octanol–water partition coefficient (Wildman–Crippen LogP) is 2.25. The summed E-state index contributed by atoms with van der Waals surface area (Å²) in [5.41, 5.74) is 1.55. The zero-order valence-corrected chi connectivity index (χ0v) is 15.1. The zero-order valence-electron chi connectivity index (χ0n) is 15.1. The molecule has 1 saturated heterocycles. The molecule has 4 rings (SSSR count). The summed E-state index contributed by atoms with van der Waals surface area (Å²) in [6.45, 7) is 3.37. The standard InChI is InChI=1S/C20H25N3O3/c1-2-17-21-22-19(26-17)20-9-5-8-16(20)11-23(13-20)18(25)10-14-6-3-4-7-15(14)12-24/h3-4,6-7,16,24H,2,5,8-13H2,1H3/t16-,20-/m0/s1. The highest BCUT2D eigenvalue weighted by atomic mass is 16.4. The van der Waals surface area contributed by atoms with Gasteiger partial charge in [-0.05, 0) is 29.9 Å². The van der Waals surface area contributed by atoms with Gasteiger partial charge < -0.3 is 14.4 Å². The first-order valence-electron chi connectivity index (χ1n) is 9.44. The Bertz CT molecular complexity index is 803. The SMILES string of the molecule is CCc1nnc([C@]23CCC[C@H]2CN(C(=O)Cc2ccccc2CO)C3)o1. The number of aliphatic hydroxyl groups excluding tert-OH is 1. The zero-order chi connectivity index (χ0) is 18.1. The van der Waals surface area contributed by atoms with Gasteiger partial charge in [0.1, 0.15) is 0 Å². The molecule has 2 atom stereocenters. The van der Waals surface area contributed by atoms with Gasteiger partial charge in [-0.1, -0.05) is 37.6 Å². The molecule has 0 bridgehead atoms.